The van der Waals surface area contributed by atoms with Crippen molar-refractivity contribution in [2.75, 3.05) is 39.9 Å². The Morgan fingerprint density at radius 2 is 1.27 bits per heavy atom. The number of hydrogen-bond donors (Lipinski definition) is 2. The quantitative estimate of drug-likeness (QED) is 0.173. The molecule has 1 atom stereocenters. The van der Waals surface area contributed by atoms with Crippen LogP contribution in [0.3, 0.4) is 0 Å². The van der Waals surface area contributed by atoms with Crippen LogP contribution in [0.2, 0.25) is 0 Å². The number of ether oxygens (including phenoxy) is 4. The summed E-state index contributed by atoms with van der Waals surface area (Å²) in [4.78, 5) is 24.8. The number of anilines is 2. The Labute approximate surface area is 304 Å². The average molecular weight is 707 g/mol. The van der Waals surface area contributed by atoms with Gasteiger partial charge in [0.2, 0.25) is 11.8 Å². The van der Waals surface area contributed by atoms with Gasteiger partial charge in [-0.15, -0.1) is 0 Å². The first-order valence-electron chi connectivity index (χ1n) is 17.1. The monoisotopic (exact) mass is 706 g/mol. The SMILES string of the molecule is CCC1CC(=O)N(Cc2ccc(N)cc2)N=C1c1ccc(OC)c(OC)c1.COc1ccc(C2=NN(Cc3ccccc3N)C(=O)CC2)cc1OC. The number of hydrogen-bond acceptors (Lipinski definition) is 10. The lowest BCUT2D eigenvalue weighted by molar-refractivity contribution is -0.133. The van der Waals surface area contributed by atoms with Crippen molar-refractivity contribution in [3.8, 4) is 23.0 Å². The fourth-order valence-corrected chi connectivity index (χ4v) is 6.01. The van der Waals surface area contributed by atoms with Crippen molar-refractivity contribution in [3.63, 3.8) is 0 Å². The predicted molar refractivity (Wildman–Crippen MR) is 203 cm³/mol. The smallest absolute Gasteiger partial charge is 0.243 e. The second-order valence-electron chi connectivity index (χ2n) is 12.3. The molecule has 6 rings (SSSR count). The molecule has 0 aliphatic carbocycles. The summed E-state index contributed by atoms with van der Waals surface area (Å²) in [7, 11) is 6.41. The van der Waals surface area contributed by atoms with Gasteiger partial charge < -0.3 is 30.4 Å². The molecule has 0 saturated heterocycles. The highest BCUT2D eigenvalue weighted by molar-refractivity contribution is 6.06. The van der Waals surface area contributed by atoms with Crippen LogP contribution in [0.1, 0.15) is 54.9 Å². The molecule has 0 aromatic heterocycles. The highest BCUT2D eigenvalue weighted by Crippen LogP contribution is 2.32. The number of benzene rings is 4. The van der Waals surface area contributed by atoms with Crippen molar-refractivity contribution in [2.45, 2.75) is 45.7 Å². The van der Waals surface area contributed by atoms with E-state index in [2.05, 4.69) is 12.0 Å². The number of nitrogens with zero attached hydrogens (tertiary/aromatic N) is 4. The van der Waals surface area contributed by atoms with E-state index in [4.69, 9.17) is 35.5 Å². The van der Waals surface area contributed by atoms with Gasteiger partial charge in [0.25, 0.3) is 0 Å². The van der Waals surface area contributed by atoms with Gasteiger partial charge in [0.15, 0.2) is 23.0 Å². The fourth-order valence-electron chi connectivity index (χ4n) is 6.01. The summed E-state index contributed by atoms with van der Waals surface area (Å²) in [5, 5.41) is 12.3. The molecule has 0 saturated carbocycles. The highest BCUT2D eigenvalue weighted by atomic mass is 16.5. The second-order valence-corrected chi connectivity index (χ2v) is 12.3. The van der Waals surface area contributed by atoms with Crippen LogP contribution in [-0.2, 0) is 22.7 Å². The number of amides is 2. The Bertz CT molecular complexity index is 1940. The number of nitrogens with two attached hydrogens (primary N) is 2. The molecule has 2 amide bonds. The zero-order valence-electron chi connectivity index (χ0n) is 30.3. The van der Waals surface area contributed by atoms with E-state index in [1.807, 2.05) is 84.9 Å². The molecule has 2 aliphatic rings. The Hall–Kier alpha value is -6.04. The van der Waals surface area contributed by atoms with Gasteiger partial charge in [-0.25, -0.2) is 10.0 Å². The van der Waals surface area contributed by atoms with Gasteiger partial charge in [0.1, 0.15) is 0 Å². The molecule has 2 heterocycles. The van der Waals surface area contributed by atoms with Crippen molar-refractivity contribution in [3.05, 3.63) is 107 Å². The molecule has 0 spiro atoms. The minimum absolute atomic E-state index is 0.00696. The average Bonchev–Trinajstić information content (AvgIpc) is 3.17. The number of methoxy groups -OCH3 is 4. The molecule has 12 heteroatoms. The molecular weight excluding hydrogens is 660 g/mol. The Morgan fingerprint density at radius 3 is 1.88 bits per heavy atom. The number of nitrogen functional groups attached to an aromatic ring is 2. The molecule has 1 unspecified atom stereocenters. The number of carbonyl (C=O) groups is 2. The van der Waals surface area contributed by atoms with Crippen molar-refractivity contribution in [1.29, 1.82) is 0 Å². The fraction of sp³-hybridized carbons (Fsp3) is 0.300. The summed E-state index contributed by atoms with van der Waals surface area (Å²) in [5.41, 5.74) is 18.5. The summed E-state index contributed by atoms with van der Waals surface area (Å²) in [6, 6.07) is 26.4. The van der Waals surface area contributed by atoms with Gasteiger partial charge in [0.05, 0.1) is 53.0 Å². The van der Waals surface area contributed by atoms with E-state index in [1.54, 1.807) is 33.4 Å². The molecule has 4 N–H and O–H groups in total. The summed E-state index contributed by atoms with van der Waals surface area (Å²) in [6.07, 6.45) is 2.29. The van der Waals surface area contributed by atoms with Crippen LogP contribution in [0, 0.1) is 5.92 Å². The second kappa shape index (κ2) is 17.3. The third kappa shape index (κ3) is 8.81. The molecule has 0 bridgehead atoms. The van der Waals surface area contributed by atoms with Crippen molar-refractivity contribution < 1.29 is 28.5 Å². The maximum Gasteiger partial charge on any atom is 0.243 e. The third-order valence-corrected chi connectivity index (χ3v) is 9.01. The number of rotatable bonds is 11. The lowest BCUT2D eigenvalue weighted by Crippen LogP contribution is -2.36. The van der Waals surface area contributed by atoms with Gasteiger partial charge in [-0.1, -0.05) is 37.3 Å². The third-order valence-electron chi connectivity index (χ3n) is 9.01. The van der Waals surface area contributed by atoms with Crippen molar-refractivity contribution in [1.82, 2.24) is 10.0 Å². The number of para-hydroxylation sites is 1. The minimum Gasteiger partial charge on any atom is -0.493 e. The standard InChI is InChI=1S/C21H25N3O3.C19H21N3O3/c1-4-15-12-20(25)24(13-14-5-8-17(22)9-6-14)23-21(15)16-7-10-18(26-2)19(11-16)27-3;1-24-17-9-7-13(11-18(17)25-2)16-8-10-19(23)22(21-16)12-14-5-3-4-6-15(14)20/h5-11,15H,4,12-13,22H2,1-3H3;3-7,9,11H,8,10,12,20H2,1-2H3. The lowest BCUT2D eigenvalue weighted by atomic mass is 9.89. The topological polar surface area (TPSA) is 154 Å². The Morgan fingerprint density at radius 1 is 0.673 bits per heavy atom. The van der Waals surface area contributed by atoms with Crippen LogP contribution < -0.4 is 30.4 Å². The zero-order chi connectivity index (χ0) is 37.2. The molecule has 0 radical (unpaired) electrons. The molecule has 12 nitrogen and oxygen atoms in total. The van der Waals surface area contributed by atoms with Gasteiger partial charge in [-0.2, -0.15) is 10.2 Å². The van der Waals surface area contributed by atoms with Gasteiger partial charge in [-0.05, 0) is 72.1 Å². The van der Waals surface area contributed by atoms with Crippen molar-refractivity contribution >= 4 is 34.6 Å². The highest BCUT2D eigenvalue weighted by Gasteiger charge is 2.30. The first-order chi connectivity index (χ1) is 25.2. The van der Waals surface area contributed by atoms with E-state index >= 15 is 0 Å². The molecule has 4 aromatic carbocycles. The predicted octanol–water partition coefficient (Wildman–Crippen LogP) is 6.26. The van der Waals surface area contributed by atoms with E-state index in [9.17, 15) is 9.59 Å². The Kier molecular flexibility index (Phi) is 12.4. The van der Waals surface area contributed by atoms with Gasteiger partial charge >= 0.3 is 0 Å². The zero-order valence-corrected chi connectivity index (χ0v) is 30.3. The number of carbonyl (C=O) groups excluding carboxylic acids is 2. The van der Waals surface area contributed by atoms with Crippen molar-refractivity contribution in [2.24, 2.45) is 16.1 Å². The van der Waals surface area contributed by atoms with Gasteiger partial charge in [0, 0.05) is 47.7 Å². The van der Waals surface area contributed by atoms with Crippen LogP contribution >= 0.6 is 0 Å². The maximum absolute atomic E-state index is 12.6. The van der Waals surface area contributed by atoms with E-state index in [0.717, 1.165) is 40.1 Å². The maximum atomic E-state index is 12.6. The van der Waals surface area contributed by atoms with E-state index in [1.165, 1.54) is 5.01 Å². The summed E-state index contributed by atoms with van der Waals surface area (Å²) >= 11 is 0. The lowest BCUT2D eigenvalue weighted by Gasteiger charge is -2.29. The van der Waals surface area contributed by atoms with E-state index in [-0.39, 0.29) is 17.7 Å². The molecule has 0 fully saturated rings. The molecule has 52 heavy (non-hydrogen) atoms. The largest absolute Gasteiger partial charge is 0.493 e. The first-order valence-corrected chi connectivity index (χ1v) is 17.1. The molecular formula is C40H46N6O6. The van der Waals surface area contributed by atoms with Crippen LogP contribution in [0.25, 0.3) is 0 Å². The minimum atomic E-state index is -0.00696. The van der Waals surface area contributed by atoms with Crippen LogP contribution in [0.15, 0.2) is 95.1 Å². The van der Waals surface area contributed by atoms with Crippen LogP contribution in [0.5, 0.6) is 23.0 Å². The summed E-state index contributed by atoms with van der Waals surface area (Å²) in [5.74, 6) is 2.72. The summed E-state index contributed by atoms with van der Waals surface area (Å²) in [6.45, 7) is 2.86. The van der Waals surface area contributed by atoms with E-state index < -0.39 is 0 Å². The van der Waals surface area contributed by atoms with Gasteiger partial charge in [-0.3, -0.25) is 9.59 Å². The molecule has 2 aliphatic heterocycles. The van der Waals surface area contributed by atoms with Crippen LogP contribution in [0.4, 0.5) is 11.4 Å². The normalized spacial score (nSPS) is 15.6. The Balaban J connectivity index is 0.000000202. The van der Waals surface area contributed by atoms with E-state index in [0.29, 0.717) is 66.7 Å². The summed E-state index contributed by atoms with van der Waals surface area (Å²) < 4.78 is 21.4. The molecule has 4 aromatic rings. The number of hydrazone groups is 2. The first kappa shape index (κ1) is 37.2. The molecule has 272 valence electrons. The van der Waals surface area contributed by atoms with Crippen LogP contribution in [-0.4, -0.2) is 61.7 Å².